The molecule has 0 aliphatic rings. The molecule has 0 aromatic heterocycles. The van der Waals surface area contributed by atoms with Gasteiger partial charge in [0.25, 0.3) is 0 Å². The molecule has 0 aliphatic carbocycles. The van der Waals surface area contributed by atoms with E-state index in [-0.39, 0.29) is 5.82 Å². The van der Waals surface area contributed by atoms with Crippen molar-refractivity contribution < 1.29 is 9.13 Å². The van der Waals surface area contributed by atoms with E-state index in [9.17, 15) is 4.39 Å². The molecule has 0 saturated carbocycles. The van der Waals surface area contributed by atoms with E-state index in [0.29, 0.717) is 18.9 Å². The number of nitrogens with one attached hydrogen (secondary N) is 1. The second kappa shape index (κ2) is 9.22. The topological polar surface area (TPSA) is 21.3 Å². The van der Waals surface area contributed by atoms with Gasteiger partial charge in [0.05, 0.1) is 6.61 Å². The molecule has 0 aliphatic heterocycles. The van der Waals surface area contributed by atoms with Crippen LogP contribution in [0.15, 0.2) is 18.2 Å². The van der Waals surface area contributed by atoms with E-state index in [0.717, 1.165) is 30.7 Å². The van der Waals surface area contributed by atoms with Crippen molar-refractivity contribution in [2.24, 2.45) is 0 Å². The van der Waals surface area contributed by atoms with Crippen LogP contribution in [0.4, 0.5) is 4.39 Å². The van der Waals surface area contributed by atoms with Crippen molar-refractivity contribution in [2.75, 3.05) is 25.2 Å². The summed E-state index contributed by atoms with van der Waals surface area (Å²) in [4.78, 5) is 0. The molecule has 0 bridgehead atoms. The largest absolute Gasteiger partial charge is 0.490 e. The molecule has 0 atom stereocenters. The van der Waals surface area contributed by atoms with Crippen LogP contribution >= 0.6 is 11.8 Å². The fraction of sp³-hybridized carbons (Fsp3) is 0.571. The summed E-state index contributed by atoms with van der Waals surface area (Å²) < 4.78 is 19.3. The Morgan fingerprint density at radius 2 is 2.22 bits per heavy atom. The lowest BCUT2D eigenvalue weighted by molar-refractivity contribution is 0.298. The lowest BCUT2D eigenvalue weighted by Crippen LogP contribution is -2.15. The lowest BCUT2D eigenvalue weighted by Gasteiger charge is -2.12. The van der Waals surface area contributed by atoms with Crippen LogP contribution in [-0.4, -0.2) is 25.2 Å². The number of para-hydroxylation sites is 1. The molecule has 0 fully saturated rings. The molecular formula is C14H22FNOS. The third-order valence-corrected chi connectivity index (χ3v) is 3.23. The normalized spacial score (nSPS) is 10.6. The molecule has 102 valence electrons. The predicted octanol–water partition coefficient (Wildman–Crippen LogP) is 3.46. The van der Waals surface area contributed by atoms with Gasteiger partial charge in [0.15, 0.2) is 11.6 Å². The van der Waals surface area contributed by atoms with Gasteiger partial charge in [-0.05, 0) is 37.5 Å². The first-order valence-electron chi connectivity index (χ1n) is 6.39. The highest BCUT2D eigenvalue weighted by atomic mass is 32.2. The summed E-state index contributed by atoms with van der Waals surface area (Å²) in [7, 11) is 0. The standard InChI is InChI=1S/C14H22FNOS/c1-3-8-16-11-12-6-4-7-13(15)14(12)17-9-5-10-18-2/h4,6-7,16H,3,5,8-11H2,1-2H3. The average Bonchev–Trinajstić information content (AvgIpc) is 2.37. The molecule has 1 N–H and O–H groups in total. The molecule has 0 heterocycles. The SMILES string of the molecule is CCCNCc1cccc(F)c1OCCCSC. The van der Waals surface area contributed by atoms with Crippen molar-refractivity contribution in [1.29, 1.82) is 0 Å². The molecule has 0 radical (unpaired) electrons. The Morgan fingerprint density at radius 1 is 1.39 bits per heavy atom. The predicted molar refractivity (Wildman–Crippen MR) is 76.9 cm³/mol. The average molecular weight is 271 g/mol. The number of benzene rings is 1. The molecule has 0 spiro atoms. The number of rotatable bonds is 9. The molecule has 1 rings (SSSR count). The van der Waals surface area contributed by atoms with E-state index in [1.807, 2.05) is 6.07 Å². The third-order valence-electron chi connectivity index (χ3n) is 2.53. The Labute approximate surface area is 113 Å². The van der Waals surface area contributed by atoms with Gasteiger partial charge in [-0.15, -0.1) is 0 Å². The minimum absolute atomic E-state index is 0.269. The van der Waals surface area contributed by atoms with Gasteiger partial charge in [0, 0.05) is 12.1 Å². The molecular weight excluding hydrogens is 249 g/mol. The Bertz CT molecular complexity index is 347. The van der Waals surface area contributed by atoms with Crippen molar-refractivity contribution in [2.45, 2.75) is 26.3 Å². The lowest BCUT2D eigenvalue weighted by atomic mass is 10.2. The summed E-state index contributed by atoms with van der Waals surface area (Å²) in [5.41, 5.74) is 0.896. The maximum atomic E-state index is 13.7. The summed E-state index contributed by atoms with van der Waals surface area (Å²) in [6.07, 6.45) is 4.07. The zero-order chi connectivity index (χ0) is 13.2. The summed E-state index contributed by atoms with van der Waals surface area (Å²) in [5.74, 6) is 1.18. The maximum absolute atomic E-state index is 13.7. The van der Waals surface area contributed by atoms with Gasteiger partial charge in [0.1, 0.15) is 0 Å². The summed E-state index contributed by atoms with van der Waals surface area (Å²) >= 11 is 1.78. The highest BCUT2D eigenvalue weighted by Gasteiger charge is 2.09. The smallest absolute Gasteiger partial charge is 0.165 e. The van der Waals surface area contributed by atoms with Crippen molar-refractivity contribution >= 4 is 11.8 Å². The Morgan fingerprint density at radius 3 is 2.94 bits per heavy atom. The molecule has 0 saturated heterocycles. The maximum Gasteiger partial charge on any atom is 0.165 e. The number of hydrogen-bond acceptors (Lipinski definition) is 3. The fourth-order valence-corrected chi connectivity index (χ4v) is 2.04. The van der Waals surface area contributed by atoms with Gasteiger partial charge in [-0.3, -0.25) is 0 Å². The van der Waals surface area contributed by atoms with E-state index in [1.165, 1.54) is 6.07 Å². The van der Waals surface area contributed by atoms with Gasteiger partial charge < -0.3 is 10.1 Å². The van der Waals surface area contributed by atoms with Crippen LogP contribution in [0, 0.1) is 5.82 Å². The molecule has 0 amide bonds. The second-order valence-electron chi connectivity index (χ2n) is 4.10. The number of ether oxygens (including phenoxy) is 1. The zero-order valence-electron chi connectivity index (χ0n) is 11.2. The van der Waals surface area contributed by atoms with Gasteiger partial charge in [-0.1, -0.05) is 19.1 Å². The van der Waals surface area contributed by atoms with Crippen molar-refractivity contribution in [3.05, 3.63) is 29.6 Å². The van der Waals surface area contributed by atoms with E-state index in [4.69, 9.17) is 4.74 Å². The molecule has 18 heavy (non-hydrogen) atoms. The number of hydrogen-bond donors (Lipinski definition) is 1. The second-order valence-corrected chi connectivity index (χ2v) is 5.09. The zero-order valence-corrected chi connectivity index (χ0v) is 12.0. The molecule has 4 heteroatoms. The van der Waals surface area contributed by atoms with E-state index >= 15 is 0 Å². The first-order chi connectivity index (χ1) is 8.79. The van der Waals surface area contributed by atoms with Gasteiger partial charge in [0.2, 0.25) is 0 Å². The van der Waals surface area contributed by atoms with Crippen LogP contribution in [0.1, 0.15) is 25.3 Å². The number of thioether (sulfide) groups is 1. The summed E-state index contributed by atoms with van der Waals surface area (Å²) in [6.45, 7) is 4.27. The van der Waals surface area contributed by atoms with Crippen LogP contribution in [0.5, 0.6) is 5.75 Å². The Kier molecular flexibility index (Phi) is 7.85. The van der Waals surface area contributed by atoms with Crippen molar-refractivity contribution in [1.82, 2.24) is 5.32 Å². The molecule has 2 nitrogen and oxygen atoms in total. The van der Waals surface area contributed by atoms with Crippen LogP contribution < -0.4 is 10.1 Å². The van der Waals surface area contributed by atoms with E-state index in [1.54, 1.807) is 17.8 Å². The Hall–Kier alpha value is -0.740. The van der Waals surface area contributed by atoms with E-state index in [2.05, 4.69) is 18.5 Å². The van der Waals surface area contributed by atoms with Crippen LogP contribution in [0.2, 0.25) is 0 Å². The third kappa shape index (κ3) is 5.27. The monoisotopic (exact) mass is 271 g/mol. The highest BCUT2D eigenvalue weighted by Crippen LogP contribution is 2.22. The number of halogens is 1. The minimum Gasteiger partial charge on any atom is -0.490 e. The van der Waals surface area contributed by atoms with Gasteiger partial charge in [-0.2, -0.15) is 11.8 Å². The fourth-order valence-electron chi connectivity index (χ4n) is 1.63. The summed E-state index contributed by atoms with van der Waals surface area (Å²) in [5, 5.41) is 3.27. The molecule has 1 aromatic carbocycles. The Balaban J connectivity index is 2.56. The van der Waals surface area contributed by atoms with Gasteiger partial charge >= 0.3 is 0 Å². The van der Waals surface area contributed by atoms with Crippen LogP contribution in [-0.2, 0) is 6.54 Å². The van der Waals surface area contributed by atoms with Crippen molar-refractivity contribution in [3.8, 4) is 5.75 Å². The van der Waals surface area contributed by atoms with Gasteiger partial charge in [-0.25, -0.2) is 4.39 Å². The highest BCUT2D eigenvalue weighted by molar-refractivity contribution is 7.98. The molecule has 0 unspecified atom stereocenters. The quantitative estimate of drug-likeness (QED) is 0.695. The first-order valence-corrected chi connectivity index (χ1v) is 7.78. The van der Waals surface area contributed by atoms with Crippen LogP contribution in [0.25, 0.3) is 0 Å². The molecule has 1 aromatic rings. The summed E-state index contributed by atoms with van der Waals surface area (Å²) in [6, 6.07) is 5.09. The first kappa shape index (κ1) is 15.3. The van der Waals surface area contributed by atoms with E-state index < -0.39 is 0 Å². The van der Waals surface area contributed by atoms with Crippen LogP contribution in [0.3, 0.4) is 0 Å². The van der Waals surface area contributed by atoms with Crippen molar-refractivity contribution in [3.63, 3.8) is 0 Å². The minimum atomic E-state index is -0.269.